The topological polar surface area (TPSA) is 27.7 Å². The fourth-order valence-corrected chi connectivity index (χ4v) is 9.59. The fraction of sp³-hybridized carbons (Fsp3) is 0.316. The Balaban J connectivity index is 1.60. The molecule has 0 amide bonds. The third kappa shape index (κ3) is 5.30. The lowest BCUT2D eigenvalue weighted by molar-refractivity contribution is 0.0860. The number of fused-ring (bicyclic) bond motifs is 5. The highest BCUT2D eigenvalue weighted by Gasteiger charge is 2.53. The zero-order valence-electron chi connectivity index (χ0n) is 25.8. The maximum absolute atomic E-state index is 16.2. The van der Waals surface area contributed by atoms with Gasteiger partial charge in [-0.15, -0.1) is 0 Å². The van der Waals surface area contributed by atoms with Crippen LogP contribution >= 0.6 is 31.9 Å². The molecule has 0 N–H and O–H groups in total. The summed E-state index contributed by atoms with van der Waals surface area (Å²) in [4.78, 5) is 0.0666. The number of ether oxygens (including phenoxy) is 3. The van der Waals surface area contributed by atoms with E-state index in [9.17, 15) is 0 Å². The molecule has 0 saturated heterocycles. The summed E-state index contributed by atoms with van der Waals surface area (Å²) in [5.74, 6) is -1.15. The normalized spacial score (nSPS) is 30.4. The van der Waals surface area contributed by atoms with Gasteiger partial charge >= 0.3 is 0 Å². The van der Waals surface area contributed by atoms with Gasteiger partial charge in [0.1, 0.15) is 17.4 Å². The Hall–Kier alpha value is -2.84. The lowest BCUT2D eigenvalue weighted by atomic mass is 9.68. The van der Waals surface area contributed by atoms with Gasteiger partial charge in [-0.2, -0.15) is 0 Å². The predicted molar refractivity (Wildman–Crippen MR) is 184 cm³/mol. The highest BCUT2D eigenvalue weighted by atomic mass is 79.9. The molecule has 0 radical (unpaired) electrons. The van der Waals surface area contributed by atoms with Crippen LogP contribution in [-0.2, 0) is 14.2 Å². The Morgan fingerprint density at radius 2 is 1.93 bits per heavy atom. The van der Waals surface area contributed by atoms with Gasteiger partial charge < -0.3 is 14.2 Å². The van der Waals surface area contributed by atoms with E-state index < -0.39 is 28.6 Å². The van der Waals surface area contributed by atoms with E-state index in [1.807, 2.05) is 48.6 Å². The highest BCUT2D eigenvalue weighted by molar-refractivity contribution is 9.12. The van der Waals surface area contributed by atoms with Crippen molar-refractivity contribution < 1.29 is 23.0 Å². The summed E-state index contributed by atoms with van der Waals surface area (Å²) in [7, 11) is 3.30. The summed E-state index contributed by atoms with van der Waals surface area (Å²) < 4.78 is 50.6. The van der Waals surface area contributed by atoms with Crippen molar-refractivity contribution in [1.29, 1.82) is 0 Å². The first-order chi connectivity index (χ1) is 21.6. The zero-order chi connectivity index (χ0) is 32.1. The summed E-state index contributed by atoms with van der Waals surface area (Å²) >= 11 is 7.65. The second-order valence-electron chi connectivity index (χ2n) is 12.3. The Labute approximate surface area is 281 Å². The van der Waals surface area contributed by atoms with Gasteiger partial charge in [0.2, 0.25) is 0 Å². The molecular weight excluding hydrogens is 702 g/mol. The molecule has 6 rings (SSSR count). The van der Waals surface area contributed by atoms with Gasteiger partial charge in [-0.3, -0.25) is 0 Å². The first-order valence-corrected chi connectivity index (χ1v) is 16.8. The van der Waals surface area contributed by atoms with Crippen LogP contribution in [0.1, 0.15) is 26.7 Å². The first-order valence-electron chi connectivity index (χ1n) is 15.0. The third-order valence-corrected chi connectivity index (χ3v) is 10.6. The summed E-state index contributed by atoms with van der Waals surface area (Å²) in [5, 5.41) is 0. The van der Waals surface area contributed by atoms with Crippen molar-refractivity contribution >= 4 is 31.9 Å². The Morgan fingerprint density at radius 3 is 2.67 bits per heavy atom. The molecule has 7 heteroatoms. The molecule has 1 heterocycles. The number of hydrogen-bond donors (Lipinski definition) is 0. The van der Waals surface area contributed by atoms with Crippen LogP contribution in [0.2, 0.25) is 0 Å². The van der Waals surface area contributed by atoms with E-state index in [4.69, 9.17) is 14.2 Å². The molecule has 0 aromatic carbocycles. The molecule has 5 aliphatic carbocycles. The van der Waals surface area contributed by atoms with Crippen LogP contribution in [0, 0.1) is 11.3 Å². The second kappa shape index (κ2) is 12.4. The van der Waals surface area contributed by atoms with Crippen LogP contribution in [0.4, 0.5) is 8.78 Å². The minimum absolute atomic E-state index is 0.00844. The molecule has 1 aliphatic heterocycles. The van der Waals surface area contributed by atoms with Gasteiger partial charge in [0.05, 0.1) is 18.6 Å². The monoisotopic (exact) mass is 736 g/mol. The van der Waals surface area contributed by atoms with Gasteiger partial charge in [0.15, 0.2) is 5.60 Å². The molecule has 45 heavy (non-hydrogen) atoms. The van der Waals surface area contributed by atoms with E-state index in [0.29, 0.717) is 17.9 Å². The molecular formula is C38H36Br2F2O3. The molecule has 4 unspecified atom stereocenters. The van der Waals surface area contributed by atoms with Gasteiger partial charge in [0.25, 0.3) is 0 Å². The molecule has 234 valence electrons. The minimum Gasteiger partial charge on any atom is -0.477 e. The average molecular weight is 739 g/mol. The molecule has 0 aromatic heterocycles. The third-order valence-electron chi connectivity index (χ3n) is 9.29. The number of hydrogen-bond acceptors (Lipinski definition) is 3. The fourth-order valence-electron chi connectivity index (χ4n) is 7.44. The van der Waals surface area contributed by atoms with Gasteiger partial charge in [-0.05, 0) is 45.3 Å². The quantitative estimate of drug-likeness (QED) is 0.192. The van der Waals surface area contributed by atoms with Crippen molar-refractivity contribution in [1.82, 2.24) is 0 Å². The van der Waals surface area contributed by atoms with Crippen LogP contribution in [0.5, 0.6) is 0 Å². The maximum Gasteiger partial charge on any atom is 0.177 e. The van der Waals surface area contributed by atoms with Crippen molar-refractivity contribution in [3.8, 4) is 0 Å². The molecule has 4 atom stereocenters. The van der Waals surface area contributed by atoms with Crippen molar-refractivity contribution in [3.63, 3.8) is 0 Å². The van der Waals surface area contributed by atoms with E-state index in [0.717, 1.165) is 50.4 Å². The van der Waals surface area contributed by atoms with Crippen LogP contribution < -0.4 is 0 Å². The molecule has 0 bridgehead atoms. The Bertz CT molecular complexity index is 1720. The van der Waals surface area contributed by atoms with Gasteiger partial charge in [-0.1, -0.05) is 113 Å². The summed E-state index contributed by atoms with van der Waals surface area (Å²) in [6, 6.07) is 0. The number of rotatable bonds is 7. The lowest BCUT2D eigenvalue weighted by Gasteiger charge is -2.45. The number of methoxy groups -OCH3 is 2. The van der Waals surface area contributed by atoms with Gasteiger partial charge in [-0.25, -0.2) is 8.78 Å². The molecule has 3 nitrogen and oxygen atoms in total. The molecule has 0 aromatic rings. The van der Waals surface area contributed by atoms with Crippen LogP contribution in [-0.4, -0.2) is 37.4 Å². The summed E-state index contributed by atoms with van der Waals surface area (Å²) in [6.45, 7) is 8.76. The highest BCUT2D eigenvalue weighted by Crippen LogP contribution is 2.64. The second-order valence-corrected chi connectivity index (χ2v) is 14.4. The number of halogens is 4. The standard InChI is InChI=1S/C38H36Br2F2O3/c1-6-9-22(11-8-17-43-4)38(23-10-7-12-26(44-5)14-13-23)16-15-27-35-33(28-18-24(39)19-30(40)34(28)37(35,2)3)32-29(36(27)45-38)20-25(41)21-31(32)42/h6-16,18,21,26,29-30H,1,17,19-20H2,2-5H3. The molecule has 6 aliphatic rings. The minimum atomic E-state index is -1.13. The van der Waals surface area contributed by atoms with Crippen LogP contribution in [0.3, 0.4) is 0 Å². The molecule has 0 fully saturated rings. The Morgan fingerprint density at radius 1 is 1.13 bits per heavy atom. The van der Waals surface area contributed by atoms with Crippen molar-refractivity contribution in [3.05, 3.63) is 152 Å². The van der Waals surface area contributed by atoms with Crippen LogP contribution in [0.25, 0.3) is 0 Å². The van der Waals surface area contributed by atoms with Crippen molar-refractivity contribution in [2.75, 3.05) is 20.8 Å². The lowest BCUT2D eigenvalue weighted by Crippen LogP contribution is -2.40. The molecule has 0 saturated carbocycles. The van der Waals surface area contributed by atoms with E-state index in [2.05, 4.69) is 70.5 Å². The van der Waals surface area contributed by atoms with E-state index in [1.54, 1.807) is 20.3 Å². The number of alkyl halides is 1. The van der Waals surface area contributed by atoms with E-state index in [1.165, 1.54) is 5.57 Å². The molecule has 0 spiro atoms. The first kappa shape index (κ1) is 32.1. The average Bonchev–Trinajstić information content (AvgIpc) is 3.12. The summed E-state index contributed by atoms with van der Waals surface area (Å²) in [5.41, 5.74) is 5.47. The van der Waals surface area contributed by atoms with E-state index >= 15 is 8.78 Å². The van der Waals surface area contributed by atoms with Crippen LogP contribution in [0.15, 0.2) is 152 Å². The number of allylic oxidation sites excluding steroid dienone is 16. The Kier molecular flexibility index (Phi) is 8.85. The van der Waals surface area contributed by atoms with Crippen molar-refractivity contribution in [2.45, 2.75) is 43.2 Å². The predicted octanol–water partition coefficient (Wildman–Crippen LogP) is 10.1. The SMILES string of the molecule is C=CC=C(C=CCOC)C1(C2=CC=CC(OC)C=C2)C=CC2=C(O1)C1CC(F)=CC(F)=C1C1=C2C(C)(C)C2=C1C=C(Br)CC2Br. The smallest absolute Gasteiger partial charge is 0.177 e. The van der Waals surface area contributed by atoms with Gasteiger partial charge in [0, 0.05) is 59.3 Å². The van der Waals surface area contributed by atoms with Crippen molar-refractivity contribution in [2.24, 2.45) is 11.3 Å². The summed E-state index contributed by atoms with van der Waals surface area (Å²) in [6.07, 6.45) is 25.3. The largest absolute Gasteiger partial charge is 0.477 e. The maximum atomic E-state index is 16.2. The van der Waals surface area contributed by atoms with E-state index in [-0.39, 0.29) is 17.4 Å². The zero-order valence-corrected chi connectivity index (χ0v) is 29.0.